The zero-order valence-corrected chi connectivity index (χ0v) is 13.4. The van der Waals surface area contributed by atoms with Gasteiger partial charge < -0.3 is 5.32 Å². The lowest BCUT2D eigenvalue weighted by molar-refractivity contribution is -0.124. The number of thiazole rings is 1. The third-order valence-electron chi connectivity index (χ3n) is 3.35. The Kier molecular flexibility index (Phi) is 4.72. The van der Waals surface area contributed by atoms with Gasteiger partial charge in [0, 0.05) is 23.9 Å². The summed E-state index contributed by atoms with van der Waals surface area (Å²) < 4.78 is 0. The van der Waals surface area contributed by atoms with Crippen molar-refractivity contribution >= 4 is 17.2 Å². The van der Waals surface area contributed by atoms with Crippen molar-refractivity contribution in [3.63, 3.8) is 0 Å². The van der Waals surface area contributed by atoms with Crippen LogP contribution in [0.4, 0.5) is 0 Å². The lowest BCUT2D eigenvalue weighted by atomic mass is 10.2. The van der Waals surface area contributed by atoms with Crippen molar-refractivity contribution in [2.24, 2.45) is 0 Å². The van der Waals surface area contributed by atoms with Crippen molar-refractivity contribution in [2.75, 3.05) is 6.54 Å². The van der Waals surface area contributed by atoms with Crippen molar-refractivity contribution < 1.29 is 4.79 Å². The summed E-state index contributed by atoms with van der Waals surface area (Å²) in [5.41, 5.74) is 3.63. The number of rotatable bonds is 6. The number of tetrazole rings is 1. The Bertz CT molecular complexity index is 755. The smallest absolute Gasteiger partial charge is 0.246 e. The average Bonchev–Trinajstić information content (AvgIpc) is 3.26. The number of hydrogen-bond donors (Lipinski definition) is 1. The second-order valence-corrected chi connectivity index (χ2v) is 5.71. The fourth-order valence-corrected chi connectivity index (χ4v) is 2.61. The van der Waals surface area contributed by atoms with Gasteiger partial charge in [0.2, 0.25) is 11.7 Å². The van der Waals surface area contributed by atoms with Crippen LogP contribution in [0, 0.1) is 0 Å². The first kappa shape index (κ1) is 15.3. The highest BCUT2D eigenvalue weighted by atomic mass is 32.1. The minimum absolute atomic E-state index is 0.141. The summed E-state index contributed by atoms with van der Waals surface area (Å²) >= 11 is 1.55. The largest absolute Gasteiger partial charge is 0.354 e. The first-order valence-electron chi connectivity index (χ1n) is 7.24. The van der Waals surface area contributed by atoms with Gasteiger partial charge in [0.25, 0.3) is 0 Å². The molecule has 1 aromatic carbocycles. The molecule has 0 saturated carbocycles. The molecule has 3 aromatic rings. The molecule has 0 aliphatic heterocycles. The molecule has 1 N–H and O–H groups in total. The van der Waals surface area contributed by atoms with Gasteiger partial charge in [-0.25, -0.2) is 4.98 Å². The van der Waals surface area contributed by atoms with E-state index in [0.29, 0.717) is 18.8 Å². The van der Waals surface area contributed by atoms with E-state index in [0.717, 1.165) is 11.3 Å². The molecular formula is C15H16N6OS. The van der Waals surface area contributed by atoms with Crippen LogP contribution in [-0.4, -0.2) is 37.6 Å². The molecule has 2 heterocycles. The molecule has 3 rings (SSSR count). The number of carbonyl (C=O) groups is 1. The molecule has 7 nitrogen and oxygen atoms in total. The van der Waals surface area contributed by atoms with Gasteiger partial charge in [0.05, 0.1) is 11.2 Å². The first-order valence-corrected chi connectivity index (χ1v) is 8.18. The van der Waals surface area contributed by atoms with Crippen molar-refractivity contribution in [3.8, 4) is 11.4 Å². The van der Waals surface area contributed by atoms with Crippen LogP contribution in [-0.2, 0) is 11.2 Å². The van der Waals surface area contributed by atoms with Crippen LogP contribution in [0.3, 0.4) is 0 Å². The van der Waals surface area contributed by atoms with Crippen LogP contribution in [0.5, 0.6) is 0 Å². The Balaban J connectivity index is 1.58. The molecule has 0 unspecified atom stereocenters. The highest BCUT2D eigenvalue weighted by molar-refractivity contribution is 7.07. The third-order valence-corrected chi connectivity index (χ3v) is 3.99. The minimum Gasteiger partial charge on any atom is -0.354 e. The molecule has 2 aromatic heterocycles. The summed E-state index contributed by atoms with van der Waals surface area (Å²) in [4.78, 5) is 17.7. The zero-order chi connectivity index (χ0) is 16.1. The van der Waals surface area contributed by atoms with E-state index in [-0.39, 0.29) is 5.91 Å². The van der Waals surface area contributed by atoms with Crippen molar-refractivity contribution in [2.45, 2.75) is 19.4 Å². The maximum Gasteiger partial charge on any atom is 0.246 e. The maximum absolute atomic E-state index is 12.2. The number of carbonyl (C=O) groups excluding carboxylic acids is 1. The van der Waals surface area contributed by atoms with Gasteiger partial charge in [0.1, 0.15) is 6.04 Å². The molecule has 0 saturated heterocycles. The summed E-state index contributed by atoms with van der Waals surface area (Å²) in [5, 5.41) is 17.1. The number of nitrogens with zero attached hydrogens (tertiary/aromatic N) is 5. The highest BCUT2D eigenvalue weighted by Crippen LogP contribution is 2.13. The number of benzene rings is 1. The fourth-order valence-electron chi connectivity index (χ4n) is 2.02. The Morgan fingerprint density at radius 3 is 2.91 bits per heavy atom. The van der Waals surface area contributed by atoms with Gasteiger partial charge >= 0.3 is 0 Å². The predicted molar refractivity (Wildman–Crippen MR) is 86.8 cm³/mol. The van der Waals surface area contributed by atoms with E-state index in [1.807, 2.05) is 35.7 Å². The summed E-state index contributed by atoms with van der Waals surface area (Å²) in [6.07, 6.45) is 0.710. The second-order valence-electron chi connectivity index (χ2n) is 5.00. The molecule has 0 spiro atoms. The highest BCUT2D eigenvalue weighted by Gasteiger charge is 2.18. The maximum atomic E-state index is 12.2. The van der Waals surface area contributed by atoms with E-state index < -0.39 is 6.04 Å². The number of nitrogens with one attached hydrogen (secondary N) is 1. The summed E-state index contributed by atoms with van der Waals surface area (Å²) in [5.74, 6) is 0.366. The van der Waals surface area contributed by atoms with Gasteiger partial charge in [-0.15, -0.1) is 21.5 Å². The van der Waals surface area contributed by atoms with E-state index in [9.17, 15) is 4.79 Å². The zero-order valence-electron chi connectivity index (χ0n) is 12.6. The van der Waals surface area contributed by atoms with Crippen molar-refractivity contribution in [1.29, 1.82) is 0 Å². The van der Waals surface area contributed by atoms with Crippen LogP contribution < -0.4 is 5.32 Å². The Labute approximate surface area is 137 Å². The summed E-state index contributed by atoms with van der Waals surface area (Å²) in [6.45, 7) is 2.28. The molecule has 0 aliphatic carbocycles. The summed E-state index contributed by atoms with van der Waals surface area (Å²) in [6, 6.07) is 9.03. The van der Waals surface area contributed by atoms with Crippen LogP contribution >= 0.6 is 11.3 Å². The molecule has 0 radical (unpaired) electrons. The normalized spacial score (nSPS) is 12.0. The standard InChI is InChI=1S/C15H16N6OS/c1-11(15(22)16-8-7-13-9-23-10-17-13)21-19-14(18-20-21)12-5-3-2-4-6-12/h2-6,9-11H,7-8H2,1H3,(H,16,22)/t11-/m1/s1. The molecule has 0 aliphatic rings. The molecule has 1 amide bonds. The van der Waals surface area contributed by atoms with Gasteiger partial charge in [-0.1, -0.05) is 30.3 Å². The fraction of sp³-hybridized carbons (Fsp3) is 0.267. The van der Waals surface area contributed by atoms with Gasteiger partial charge in [-0.3, -0.25) is 4.79 Å². The van der Waals surface area contributed by atoms with Crippen LogP contribution in [0.15, 0.2) is 41.2 Å². The monoisotopic (exact) mass is 328 g/mol. The number of aromatic nitrogens is 5. The van der Waals surface area contributed by atoms with E-state index in [1.54, 1.807) is 23.8 Å². The molecule has 23 heavy (non-hydrogen) atoms. The quantitative estimate of drug-likeness (QED) is 0.744. The Morgan fingerprint density at radius 1 is 1.35 bits per heavy atom. The third kappa shape index (κ3) is 3.78. The molecule has 8 heteroatoms. The van der Waals surface area contributed by atoms with E-state index in [4.69, 9.17) is 0 Å². The average molecular weight is 328 g/mol. The molecule has 1 atom stereocenters. The van der Waals surface area contributed by atoms with Gasteiger partial charge in [-0.2, -0.15) is 4.80 Å². The predicted octanol–water partition coefficient (Wildman–Crippen LogP) is 1.72. The lowest BCUT2D eigenvalue weighted by Crippen LogP contribution is -2.33. The molecular weight excluding hydrogens is 312 g/mol. The number of amides is 1. The van der Waals surface area contributed by atoms with E-state index in [2.05, 4.69) is 25.7 Å². The Hall–Kier alpha value is -2.61. The van der Waals surface area contributed by atoms with Crippen LogP contribution in [0.2, 0.25) is 0 Å². The SMILES string of the molecule is C[C@H](C(=O)NCCc1cscn1)n1nnc(-c2ccccc2)n1. The topological polar surface area (TPSA) is 85.6 Å². The second kappa shape index (κ2) is 7.10. The summed E-state index contributed by atoms with van der Waals surface area (Å²) in [7, 11) is 0. The molecule has 0 bridgehead atoms. The number of hydrogen-bond acceptors (Lipinski definition) is 6. The molecule has 118 valence electrons. The Morgan fingerprint density at radius 2 is 2.17 bits per heavy atom. The van der Waals surface area contributed by atoms with E-state index in [1.165, 1.54) is 4.80 Å². The van der Waals surface area contributed by atoms with Crippen molar-refractivity contribution in [3.05, 3.63) is 46.9 Å². The van der Waals surface area contributed by atoms with Crippen molar-refractivity contribution in [1.82, 2.24) is 30.5 Å². The molecule has 0 fully saturated rings. The first-order chi connectivity index (χ1) is 11.2. The van der Waals surface area contributed by atoms with E-state index >= 15 is 0 Å². The van der Waals surface area contributed by atoms with Gasteiger partial charge in [-0.05, 0) is 12.1 Å². The van der Waals surface area contributed by atoms with Crippen LogP contribution in [0.1, 0.15) is 18.7 Å². The minimum atomic E-state index is -0.518. The lowest BCUT2D eigenvalue weighted by Gasteiger charge is -2.10. The van der Waals surface area contributed by atoms with Crippen LogP contribution in [0.25, 0.3) is 11.4 Å². The van der Waals surface area contributed by atoms with Gasteiger partial charge in [0.15, 0.2) is 0 Å².